The number of rotatable bonds is 6. The summed E-state index contributed by atoms with van der Waals surface area (Å²) >= 11 is 0. The fourth-order valence-electron chi connectivity index (χ4n) is 3.04. The number of nitrogens with zero attached hydrogens (tertiary/aromatic N) is 2. The third kappa shape index (κ3) is 6.18. The Bertz CT molecular complexity index is 496. The van der Waals surface area contributed by atoms with E-state index in [9.17, 15) is 4.39 Å². The first kappa shape index (κ1) is 17.7. The van der Waals surface area contributed by atoms with Gasteiger partial charge in [-0.05, 0) is 62.5 Å². The fraction of sp³-hybridized carbons (Fsp3) is 0.611. The normalized spacial score (nSPS) is 17.3. The van der Waals surface area contributed by atoms with E-state index in [1.54, 1.807) is 19.2 Å². The van der Waals surface area contributed by atoms with Gasteiger partial charge in [0.1, 0.15) is 5.82 Å². The Morgan fingerprint density at radius 2 is 2.09 bits per heavy atom. The van der Waals surface area contributed by atoms with Crippen LogP contribution in [-0.2, 0) is 6.54 Å². The molecule has 0 atom stereocenters. The molecule has 0 aliphatic carbocycles. The standard InChI is InChI=1S/C18H29FN4/c1-3-23-11-8-15(9-12-23)7-10-21-18(20-2)22-14-16-5-4-6-17(19)13-16/h4-6,13,15H,3,7-12,14H2,1-2H3,(H2,20,21,22). The predicted molar refractivity (Wildman–Crippen MR) is 94.1 cm³/mol. The molecule has 23 heavy (non-hydrogen) atoms. The lowest BCUT2D eigenvalue weighted by atomic mass is 9.93. The minimum atomic E-state index is -0.203. The van der Waals surface area contributed by atoms with Crippen molar-refractivity contribution in [3.8, 4) is 0 Å². The van der Waals surface area contributed by atoms with Crippen molar-refractivity contribution in [2.75, 3.05) is 33.2 Å². The van der Waals surface area contributed by atoms with Gasteiger partial charge in [0.25, 0.3) is 0 Å². The topological polar surface area (TPSA) is 39.7 Å². The molecule has 0 radical (unpaired) electrons. The van der Waals surface area contributed by atoms with Gasteiger partial charge in [0.2, 0.25) is 0 Å². The van der Waals surface area contributed by atoms with E-state index in [1.165, 1.54) is 45.0 Å². The van der Waals surface area contributed by atoms with Gasteiger partial charge in [-0.15, -0.1) is 0 Å². The van der Waals surface area contributed by atoms with Crippen molar-refractivity contribution in [3.05, 3.63) is 35.6 Å². The Hall–Kier alpha value is -1.62. The molecule has 1 saturated heterocycles. The smallest absolute Gasteiger partial charge is 0.191 e. The molecule has 0 unspecified atom stereocenters. The summed E-state index contributed by atoms with van der Waals surface area (Å²) in [6, 6.07) is 6.64. The molecule has 2 N–H and O–H groups in total. The van der Waals surface area contributed by atoms with Crippen molar-refractivity contribution in [1.29, 1.82) is 0 Å². The molecule has 1 aliphatic rings. The van der Waals surface area contributed by atoms with E-state index in [0.717, 1.165) is 24.0 Å². The van der Waals surface area contributed by atoms with Crippen molar-refractivity contribution < 1.29 is 4.39 Å². The molecule has 4 nitrogen and oxygen atoms in total. The highest BCUT2D eigenvalue weighted by Gasteiger charge is 2.17. The molecule has 1 fully saturated rings. The number of likely N-dealkylation sites (tertiary alicyclic amines) is 1. The summed E-state index contributed by atoms with van der Waals surface area (Å²) in [7, 11) is 1.76. The second-order valence-electron chi connectivity index (χ2n) is 6.15. The van der Waals surface area contributed by atoms with Crippen LogP contribution in [0.2, 0.25) is 0 Å². The zero-order valence-corrected chi connectivity index (χ0v) is 14.3. The van der Waals surface area contributed by atoms with Crippen LogP contribution in [0.4, 0.5) is 4.39 Å². The number of guanidine groups is 1. The Balaban J connectivity index is 1.65. The molecule has 2 rings (SSSR count). The maximum atomic E-state index is 13.2. The Morgan fingerprint density at radius 3 is 2.74 bits per heavy atom. The maximum Gasteiger partial charge on any atom is 0.191 e. The van der Waals surface area contributed by atoms with Crippen molar-refractivity contribution in [2.24, 2.45) is 10.9 Å². The van der Waals surface area contributed by atoms with E-state index >= 15 is 0 Å². The Labute approximate surface area is 139 Å². The second-order valence-corrected chi connectivity index (χ2v) is 6.15. The number of halogens is 1. The summed E-state index contributed by atoms with van der Waals surface area (Å²) in [4.78, 5) is 6.74. The molecule has 0 aromatic heterocycles. The number of aliphatic imine (C=N–C) groups is 1. The lowest BCUT2D eigenvalue weighted by Crippen LogP contribution is -2.39. The predicted octanol–water partition coefficient (Wildman–Crippen LogP) is 2.61. The maximum absolute atomic E-state index is 13.2. The van der Waals surface area contributed by atoms with Crippen LogP contribution in [0.25, 0.3) is 0 Å². The molecule has 128 valence electrons. The molecule has 1 heterocycles. The molecule has 1 aromatic rings. The molecule has 1 aliphatic heterocycles. The van der Waals surface area contributed by atoms with Crippen molar-refractivity contribution in [1.82, 2.24) is 15.5 Å². The number of hydrogen-bond donors (Lipinski definition) is 2. The molecular weight excluding hydrogens is 291 g/mol. The number of benzene rings is 1. The third-order valence-electron chi connectivity index (χ3n) is 4.57. The van der Waals surface area contributed by atoms with E-state index in [4.69, 9.17) is 0 Å². The molecule has 0 spiro atoms. The highest BCUT2D eigenvalue weighted by Crippen LogP contribution is 2.19. The summed E-state index contributed by atoms with van der Waals surface area (Å²) in [6.45, 7) is 7.37. The van der Waals surface area contributed by atoms with Crippen molar-refractivity contribution in [2.45, 2.75) is 32.7 Å². The first-order valence-corrected chi connectivity index (χ1v) is 8.62. The largest absolute Gasteiger partial charge is 0.356 e. The van der Waals surface area contributed by atoms with Crippen LogP contribution < -0.4 is 10.6 Å². The van der Waals surface area contributed by atoms with Gasteiger partial charge in [0.05, 0.1) is 0 Å². The van der Waals surface area contributed by atoms with E-state index in [1.807, 2.05) is 6.07 Å². The minimum Gasteiger partial charge on any atom is -0.356 e. The average molecular weight is 320 g/mol. The Kier molecular flexibility index (Phi) is 7.33. The molecule has 5 heteroatoms. The van der Waals surface area contributed by atoms with Crippen LogP contribution >= 0.6 is 0 Å². The lowest BCUT2D eigenvalue weighted by Gasteiger charge is -2.31. The van der Waals surface area contributed by atoms with Gasteiger partial charge in [0, 0.05) is 20.1 Å². The molecule has 0 amide bonds. The number of piperidine rings is 1. The van der Waals surface area contributed by atoms with Gasteiger partial charge in [-0.1, -0.05) is 19.1 Å². The molecule has 0 bridgehead atoms. The van der Waals surface area contributed by atoms with E-state index in [-0.39, 0.29) is 5.82 Å². The summed E-state index contributed by atoms with van der Waals surface area (Å²) in [6.07, 6.45) is 3.77. The minimum absolute atomic E-state index is 0.203. The second kappa shape index (κ2) is 9.50. The van der Waals surface area contributed by atoms with Crippen LogP contribution in [0.5, 0.6) is 0 Å². The van der Waals surface area contributed by atoms with Gasteiger partial charge in [-0.2, -0.15) is 0 Å². The zero-order chi connectivity index (χ0) is 16.5. The Morgan fingerprint density at radius 1 is 1.30 bits per heavy atom. The molecule has 1 aromatic carbocycles. The summed E-state index contributed by atoms with van der Waals surface area (Å²) in [5.41, 5.74) is 0.917. The fourth-order valence-corrected chi connectivity index (χ4v) is 3.04. The van der Waals surface area contributed by atoms with E-state index in [0.29, 0.717) is 6.54 Å². The monoisotopic (exact) mass is 320 g/mol. The van der Waals surface area contributed by atoms with Gasteiger partial charge in [-0.3, -0.25) is 4.99 Å². The van der Waals surface area contributed by atoms with Gasteiger partial charge in [0.15, 0.2) is 5.96 Å². The third-order valence-corrected chi connectivity index (χ3v) is 4.57. The first-order chi connectivity index (χ1) is 11.2. The average Bonchev–Trinajstić information content (AvgIpc) is 2.58. The van der Waals surface area contributed by atoms with Crippen molar-refractivity contribution >= 4 is 5.96 Å². The van der Waals surface area contributed by atoms with Crippen molar-refractivity contribution in [3.63, 3.8) is 0 Å². The number of nitrogens with one attached hydrogen (secondary N) is 2. The van der Waals surface area contributed by atoms with E-state index in [2.05, 4.69) is 27.4 Å². The van der Waals surface area contributed by atoms with Crippen LogP contribution in [0, 0.1) is 11.7 Å². The first-order valence-electron chi connectivity index (χ1n) is 8.62. The summed E-state index contributed by atoms with van der Waals surface area (Å²) < 4.78 is 13.2. The van der Waals surface area contributed by atoms with Crippen LogP contribution in [0.15, 0.2) is 29.3 Å². The summed E-state index contributed by atoms with van der Waals surface area (Å²) in [5.74, 6) is 1.39. The van der Waals surface area contributed by atoms with Crippen LogP contribution in [0.3, 0.4) is 0 Å². The van der Waals surface area contributed by atoms with Gasteiger partial charge in [-0.25, -0.2) is 4.39 Å². The molecule has 0 saturated carbocycles. The van der Waals surface area contributed by atoms with E-state index < -0.39 is 0 Å². The highest BCUT2D eigenvalue weighted by atomic mass is 19.1. The lowest BCUT2D eigenvalue weighted by molar-refractivity contribution is 0.187. The zero-order valence-electron chi connectivity index (χ0n) is 14.3. The quantitative estimate of drug-likeness (QED) is 0.625. The highest BCUT2D eigenvalue weighted by molar-refractivity contribution is 5.79. The number of hydrogen-bond acceptors (Lipinski definition) is 2. The van der Waals surface area contributed by atoms with Crippen LogP contribution in [0.1, 0.15) is 31.7 Å². The molecular formula is C18H29FN4. The SMILES string of the molecule is CCN1CCC(CCNC(=NC)NCc2cccc(F)c2)CC1. The summed E-state index contributed by atoms with van der Waals surface area (Å²) in [5, 5.41) is 6.59. The van der Waals surface area contributed by atoms with Gasteiger partial charge >= 0.3 is 0 Å². The van der Waals surface area contributed by atoms with Gasteiger partial charge < -0.3 is 15.5 Å². The van der Waals surface area contributed by atoms with Crippen LogP contribution in [-0.4, -0.2) is 44.1 Å².